The van der Waals surface area contributed by atoms with E-state index in [0.29, 0.717) is 19.0 Å². The zero-order valence-corrected chi connectivity index (χ0v) is 17.8. The minimum absolute atomic E-state index is 0.0963. The van der Waals surface area contributed by atoms with Gasteiger partial charge in [-0.2, -0.15) is 0 Å². The molecule has 7 nitrogen and oxygen atoms in total. The number of nitrogens with one attached hydrogen (secondary N) is 2. The SMILES string of the molecule is CCCOc1ccc(-c2nnc(CCC(=O)NCCCc3ccccc3)c(=O)[nH]2)cc1. The van der Waals surface area contributed by atoms with Crippen LogP contribution in [-0.2, 0) is 17.6 Å². The highest BCUT2D eigenvalue weighted by Gasteiger charge is 2.09. The van der Waals surface area contributed by atoms with E-state index in [4.69, 9.17) is 4.74 Å². The number of H-pyrrole nitrogens is 1. The van der Waals surface area contributed by atoms with Crippen LogP contribution in [0.15, 0.2) is 59.4 Å². The monoisotopic (exact) mass is 420 g/mol. The predicted molar refractivity (Wildman–Crippen MR) is 120 cm³/mol. The van der Waals surface area contributed by atoms with E-state index < -0.39 is 0 Å². The van der Waals surface area contributed by atoms with Gasteiger partial charge in [0.1, 0.15) is 11.4 Å². The van der Waals surface area contributed by atoms with Crippen LogP contribution in [-0.4, -0.2) is 34.2 Å². The molecule has 0 aliphatic rings. The highest BCUT2D eigenvalue weighted by Crippen LogP contribution is 2.18. The predicted octanol–water partition coefficient (Wildman–Crippen LogP) is 3.30. The summed E-state index contributed by atoms with van der Waals surface area (Å²) in [6.45, 7) is 3.31. The summed E-state index contributed by atoms with van der Waals surface area (Å²) in [6, 6.07) is 17.5. The van der Waals surface area contributed by atoms with Gasteiger partial charge in [-0.3, -0.25) is 9.59 Å². The van der Waals surface area contributed by atoms with Gasteiger partial charge in [0.15, 0.2) is 5.82 Å². The third kappa shape index (κ3) is 7.06. The van der Waals surface area contributed by atoms with Crippen molar-refractivity contribution < 1.29 is 9.53 Å². The molecule has 162 valence electrons. The van der Waals surface area contributed by atoms with Crippen molar-refractivity contribution in [3.8, 4) is 17.1 Å². The minimum atomic E-state index is -0.326. The average molecular weight is 421 g/mol. The van der Waals surface area contributed by atoms with E-state index in [0.717, 1.165) is 30.6 Å². The van der Waals surface area contributed by atoms with Gasteiger partial charge in [-0.1, -0.05) is 37.3 Å². The molecule has 31 heavy (non-hydrogen) atoms. The molecular formula is C24H28N4O3. The van der Waals surface area contributed by atoms with Crippen molar-refractivity contribution in [3.63, 3.8) is 0 Å². The molecule has 1 amide bonds. The van der Waals surface area contributed by atoms with E-state index in [1.807, 2.05) is 49.4 Å². The van der Waals surface area contributed by atoms with Crippen LogP contribution in [0.5, 0.6) is 5.75 Å². The second kappa shape index (κ2) is 11.6. The van der Waals surface area contributed by atoms with Crippen molar-refractivity contribution in [3.05, 3.63) is 76.2 Å². The molecule has 0 saturated heterocycles. The Bertz CT molecular complexity index is 1020. The Balaban J connectivity index is 1.45. The maximum atomic E-state index is 12.3. The molecule has 0 unspecified atom stereocenters. The molecule has 0 radical (unpaired) electrons. The van der Waals surface area contributed by atoms with E-state index in [1.54, 1.807) is 0 Å². The number of hydrogen-bond donors (Lipinski definition) is 2. The first-order chi connectivity index (χ1) is 15.2. The number of nitrogens with zero attached hydrogens (tertiary/aromatic N) is 2. The van der Waals surface area contributed by atoms with Gasteiger partial charge in [0.05, 0.1) is 6.61 Å². The third-order valence-electron chi connectivity index (χ3n) is 4.76. The maximum absolute atomic E-state index is 12.3. The third-order valence-corrected chi connectivity index (χ3v) is 4.76. The topological polar surface area (TPSA) is 97.0 Å². The highest BCUT2D eigenvalue weighted by atomic mass is 16.5. The van der Waals surface area contributed by atoms with Crippen molar-refractivity contribution in [1.82, 2.24) is 20.5 Å². The summed E-state index contributed by atoms with van der Waals surface area (Å²) < 4.78 is 5.55. The van der Waals surface area contributed by atoms with Crippen LogP contribution in [0.1, 0.15) is 37.4 Å². The first-order valence-corrected chi connectivity index (χ1v) is 10.7. The van der Waals surface area contributed by atoms with Crippen LogP contribution in [0.3, 0.4) is 0 Å². The number of amides is 1. The normalized spacial score (nSPS) is 10.6. The van der Waals surface area contributed by atoms with Gasteiger partial charge in [-0.05, 0) is 49.1 Å². The lowest BCUT2D eigenvalue weighted by atomic mass is 10.1. The van der Waals surface area contributed by atoms with Gasteiger partial charge in [0.25, 0.3) is 5.56 Å². The molecule has 7 heteroatoms. The molecule has 1 heterocycles. The van der Waals surface area contributed by atoms with Crippen LogP contribution < -0.4 is 15.6 Å². The number of hydrogen-bond acceptors (Lipinski definition) is 5. The Morgan fingerprint density at radius 3 is 2.52 bits per heavy atom. The van der Waals surface area contributed by atoms with Crippen molar-refractivity contribution in [2.24, 2.45) is 0 Å². The zero-order chi connectivity index (χ0) is 21.9. The van der Waals surface area contributed by atoms with E-state index in [1.165, 1.54) is 5.56 Å². The summed E-state index contributed by atoms with van der Waals surface area (Å²) >= 11 is 0. The molecule has 0 fully saturated rings. The lowest BCUT2D eigenvalue weighted by Gasteiger charge is -2.06. The summed E-state index contributed by atoms with van der Waals surface area (Å²) in [5.74, 6) is 1.06. The van der Waals surface area contributed by atoms with Crippen molar-refractivity contribution in [2.75, 3.05) is 13.2 Å². The number of ether oxygens (including phenoxy) is 1. The number of carbonyl (C=O) groups excluding carboxylic acids is 1. The highest BCUT2D eigenvalue weighted by molar-refractivity contribution is 5.76. The number of aromatic amines is 1. The Labute approximate surface area is 181 Å². The smallest absolute Gasteiger partial charge is 0.273 e. The largest absolute Gasteiger partial charge is 0.494 e. The van der Waals surface area contributed by atoms with E-state index in [2.05, 4.69) is 32.6 Å². The summed E-state index contributed by atoms with van der Waals surface area (Å²) in [5.41, 5.74) is 1.93. The van der Waals surface area contributed by atoms with Gasteiger partial charge in [0, 0.05) is 24.9 Å². The molecule has 0 atom stereocenters. The molecule has 3 rings (SSSR count). The minimum Gasteiger partial charge on any atom is -0.494 e. The molecule has 0 saturated carbocycles. The second-order valence-electron chi connectivity index (χ2n) is 7.26. The number of benzene rings is 2. The number of rotatable bonds is 11. The van der Waals surface area contributed by atoms with Crippen LogP contribution in [0.4, 0.5) is 0 Å². The maximum Gasteiger partial charge on any atom is 0.273 e. The Hall–Kier alpha value is -3.48. The van der Waals surface area contributed by atoms with Gasteiger partial charge in [0.2, 0.25) is 5.91 Å². The first-order valence-electron chi connectivity index (χ1n) is 10.7. The summed E-state index contributed by atoms with van der Waals surface area (Å²) in [7, 11) is 0. The fourth-order valence-corrected chi connectivity index (χ4v) is 3.07. The molecule has 2 N–H and O–H groups in total. The van der Waals surface area contributed by atoms with Crippen molar-refractivity contribution in [2.45, 2.75) is 39.0 Å². The molecule has 1 aromatic heterocycles. The molecule has 0 spiro atoms. The zero-order valence-electron chi connectivity index (χ0n) is 17.8. The van der Waals surface area contributed by atoms with Crippen molar-refractivity contribution >= 4 is 5.91 Å². The summed E-state index contributed by atoms with van der Waals surface area (Å²) in [5, 5.41) is 11.0. The number of aryl methyl sites for hydroxylation is 2. The Morgan fingerprint density at radius 1 is 1.03 bits per heavy atom. The molecule has 3 aromatic rings. The van der Waals surface area contributed by atoms with E-state index >= 15 is 0 Å². The van der Waals surface area contributed by atoms with Crippen LogP contribution in [0.25, 0.3) is 11.4 Å². The van der Waals surface area contributed by atoms with Crippen molar-refractivity contribution in [1.29, 1.82) is 0 Å². The summed E-state index contributed by atoms with van der Waals surface area (Å²) in [6.07, 6.45) is 3.17. The standard InChI is InChI=1S/C24H28N4O3/c1-2-17-31-20-12-10-19(11-13-20)23-26-24(30)21(27-28-23)14-15-22(29)25-16-6-9-18-7-4-3-5-8-18/h3-5,7-8,10-13H,2,6,9,14-17H2,1H3,(H,25,29)(H,26,28,30). The first kappa shape index (κ1) is 22.2. The van der Waals surface area contributed by atoms with E-state index in [-0.39, 0.29) is 30.0 Å². The molecular weight excluding hydrogens is 392 g/mol. The number of carbonyl (C=O) groups is 1. The van der Waals surface area contributed by atoms with Crippen LogP contribution in [0, 0.1) is 0 Å². The lowest BCUT2D eigenvalue weighted by molar-refractivity contribution is -0.121. The average Bonchev–Trinajstić information content (AvgIpc) is 2.80. The van der Waals surface area contributed by atoms with Gasteiger partial charge >= 0.3 is 0 Å². The van der Waals surface area contributed by atoms with Crippen LogP contribution >= 0.6 is 0 Å². The fraction of sp³-hybridized carbons (Fsp3) is 0.333. The van der Waals surface area contributed by atoms with Gasteiger partial charge in [-0.25, -0.2) is 0 Å². The molecule has 0 aliphatic heterocycles. The lowest BCUT2D eigenvalue weighted by Crippen LogP contribution is -2.26. The van der Waals surface area contributed by atoms with Gasteiger partial charge in [-0.15, -0.1) is 10.2 Å². The van der Waals surface area contributed by atoms with Crippen LogP contribution in [0.2, 0.25) is 0 Å². The second-order valence-corrected chi connectivity index (χ2v) is 7.26. The molecule has 0 aliphatic carbocycles. The fourth-order valence-electron chi connectivity index (χ4n) is 3.07. The molecule has 2 aromatic carbocycles. The van der Waals surface area contributed by atoms with E-state index in [9.17, 15) is 9.59 Å². The summed E-state index contributed by atoms with van der Waals surface area (Å²) in [4.78, 5) is 27.1. The Morgan fingerprint density at radius 2 is 1.81 bits per heavy atom. The quantitative estimate of drug-likeness (QED) is 0.464. The molecule has 0 bridgehead atoms. The Kier molecular flexibility index (Phi) is 8.34. The van der Waals surface area contributed by atoms with Gasteiger partial charge < -0.3 is 15.0 Å². The number of aromatic nitrogens is 3.